The van der Waals surface area contributed by atoms with Crippen LogP contribution in [0.15, 0.2) is 6.33 Å². The highest BCUT2D eigenvalue weighted by Gasteiger charge is 2.26. The van der Waals surface area contributed by atoms with Gasteiger partial charge in [-0.05, 0) is 64.0 Å². The molecular weight excluding hydrogens is 328 g/mol. The molecule has 1 aromatic rings. The molecule has 0 aromatic carbocycles. The Kier molecular flexibility index (Phi) is 6.51. The first-order valence-corrected chi connectivity index (χ1v) is 10.2. The third-order valence-corrected chi connectivity index (χ3v) is 5.89. The van der Waals surface area contributed by atoms with Gasteiger partial charge in [-0.25, -0.2) is 4.79 Å². The summed E-state index contributed by atoms with van der Waals surface area (Å²) in [7, 11) is 1.90. The second kappa shape index (κ2) is 8.84. The molecular formula is C19H34N6O. The van der Waals surface area contributed by atoms with E-state index in [4.69, 9.17) is 0 Å². The Morgan fingerprint density at radius 1 is 1.31 bits per heavy atom. The normalized spacial score (nSPS) is 19.8. The van der Waals surface area contributed by atoms with Gasteiger partial charge in [-0.1, -0.05) is 6.92 Å². The van der Waals surface area contributed by atoms with Crippen molar-refractivity contribution in [3.8, 4) is 0 Å². The third-order valence-electron chi connectivity index (χ3n) is 5.89. The maximum atomic E-state index is 12.5. The van der Waals surface area contributed by atoms with Crippen molar-refractivity contribution in [1.29, 1.82) is 0 Å². The van der Waals surface area contributed by atoms with E-state index in [0.717, 1.165) is 50.1 Å². The lowest BCUT2D eigenvalue weighted by Crippen LogP contribution is -2.45. The molecule has 2 fully saturated rings. The van der Waals surface area contributed by atoms with Gasteiger partial charge in [0, 0.05) is 26.7 Å². The van der Waals surface area contributed by atoms with Crippen LogP contribution < -0.4 is 5.32 Å². The Hall–Kier alpha value is -1.63. The number of nitrogens with one attached hydrogen (secondary N) is 1. The molecule has 7 nitrogen and oxygen atoms in total. The van der Waals surface area contributed by atoms with Crippen molar-refractivity contribution in [3.63, 3.8) is 0 Å². The number of carbonyl (C=O) groups is 1. The molecule has 1 aliphatic heterocycles. The first kappa shape index (κ1) is 19.1. The first-order valence-electron chi connectivity index (χ1n) is 10.2. The summed E-state index contributed by atoms with van der Waals surface area (Å²) in [4.78, 5) is 17.1. The van der Waals surface area contributed by atoms with Gasteiger partial charge in [-0.3, -0.25) is 0 Å². The molecule has 0 radical (unpaired) electrons. The van der Waals surface area contributed by atoms with Gasteiger partial charge in [0.05, 0.1) is 6.04 Å². The molecule has 146 valence electrons. The molecule has 1 N–H and O–H groups in total. The van der Waals surface area contributed by atoms with Crippen LogP contribution in [-0.2, 0) is 7.05 Å². The second-order valence-corrected chi connectivity index (χ2v) is 8.03. The Morgan fingerprint density at radius 3 is 2.62 bits per heavy atom. The topological polar surface area (TPSA) is 66.3 Å². The molecule has 1 atom stereocenters. The number of rotatable bonds is 8. The fraction of sp³-hybridized carbons (Fsp3) is 0.842. The average molecular weight is 363 g/mol. The number of likely N-dealkylation sites (tertiary alicyclic amines) is 1. The molecule has 0 spiro atoms. The van der Waals surface area contributed by atoms with E-state index in [-0.39, 0.29) is 12.1 Å². The summed E-state index contributed by atoms with van der Waals surface area (Å²) in [6.45, 7) is 9.61. The molecule has 1 aromatic heterocycles. The smallest absolute Gasteiger partial charge is 0.317 e. The van der Waals surface area contributed by atoms with E-state index in [1.165, 1.54) is 32.4 Å². The Balaban J connectivity index is 1.37. The van der Waals surface area contributed by atoms with E-state index in [2.05, 4.69) is 27.3 Å². The lowest BCUT2D eigenvalue weighted by Gasteiger charge is -2.33. The summed E-state index contributed by atoms with van der Waals surface area (Å²) < 4.78 is 1.85. The zero-order chi connectivity index (χ0) is 18.5. The van der Waals surface area contributed by atoms with Crippen LogP contribution >= 0.6 is 0 Å². The highest BCUT2D eigenvalue weighted by atomic mass is 16.2. The number of carbonyl (C=O) groups excluding carboxylic acids is 1. The van der Waals surface area contributed by atoms with Crippen LogP contribution in [0.4, 0.5) is 4.79 Å². The zero-order valence-electron chi connectivity index (χ0n) is 16.5. The number of urea groups is 1. The van der Waals surface area contributed by atoms with Crippen LogP contribution in [-0.4, -0.2) is 63.3 Å². The van der Waals surface area contributed by atoms with Gasteiger partial charge < -0.3 is 19.7 Å². The quantitative estimate of drug-likeness (QED) is 0.771. The Morgan fingerprint density at radius 2 is 2.04 bits per heavy atom. The Labute approximate surface area is 157 Å². The highest BCUT2D eigenvalue weighted by molar-refractivity contribution is 5.74. The Bertz CT molecular complexity index is 576. The standard InChI is InChI=1S/C19H34N6O/c1-4-24(13-17-5-6-17)10-7-16-8-11-25(12-9-16)19(26)21-15(2)18-22-20-14-23(18)3/h14-17H,4-13H2,1-3H3,(H,21,26)/t15-/m0/s1. The molecule has 2 heterocycles. The van der Waals surface area contributed by atoms with Gasteiger partial charge in [0.1, 0.15) is 6.33 Å². The minimum atomic E-state index is -0.131. The number of hydrogen-bond donors (Lipinski definition) is 1. The van der Waals surface area contributed by atoms with Crippen LogP contribution in [0.5, 0.6) is 0 Å². The molecule has 1 saturated carbocycles. The third kappa shape index (κ3) is 5.19. The predicted octanol–water partition coefficient (Wildman–Crippen LogP) is 2.42. The van der Waals surface area contributed by atoms with Gasteiger partial charge in [0.2, 0.25) is 0 Å². The molecule has 1 saturated heterocycles. The van der Waals surface area contributed by atoms with E-state index < -0.39 is 0 Å². The maximum Gasteiger partial charge on any atom is 0.317 e. The SMILES string of the molecule is CCN(CCC1CCN(C(=O)N[C@@H](C)c2nncn2C)CC1)CC1CC1. The summed E-state index contributed by atoms with van der Waals surface area (Å²) in [5.41, 5.74) is 0. The number of nitrogens with zero attached hydrogens (tertiary/aromatic N) is 5. The number of hydrogen-bond acceptors (Lipinski definition) is 4. The monoisotopic (exact) mass is 362 g/mol. The summed E-state index contributed by atoms with van der Waals surface area (Å²) in [5, 5.41) is 11.0. The molecule has 1 aliphatic carbocycles. The summed E-state index contributed by atoms with van der Waals surface area (Å²) >= 11 is 0. The van der Waals surface area contributed by atoms with Crippen molar-refractivity contribution in [3.05, 3.63) is 12.2 Å². The summed E-state index contributed by atoms with van der Waals surface area (Å²) in [6, 6.07) is -0.115. The van der Waals surface area contributed by atoms with Crippen LogP contribution in [0.25, 0.3) is 0 Å². The van der Waals surface area contributed by atoms with Crippen molar-refractivity contribution in [2.45, 2.75) is 52.0 Å². The van der Waals surface area contributed by atoms with Crippen molar-refractivity contribution < 1.29 is 4.79 Å². The van der Waals surface area contributed by atoms with Crippen LogP contribution in [0, 0.1) is 11.8 Å². The molecule has 3 rings (SSSR count). The highest BCUT2D eigenvalue weighted by Crippen LogP contribution is 2.30. The number of piperidine rings is 1. The number of amides is 2. The van der Waals surface area contributed by atoms with E-state index in [1.54, 1.807) is 6.33 Å². The van der Waals surface area contributed by atoms with Crippen molar-refractivity contribution in [2.75, 3.05) is 32.7 Å². The van der Waals surface area contributed by atoms with Gasteiger partial charge >= 0.3 is 6.03 Å². The summed E-state index contributed by atoms with van der Waals surface area (Å²) in [5.74, 6) is 2.50. The van der Waals surface area contributed by atoms with Crippen LogP contribution in [0.1, 0.15) is 57.8 Å². The van der Waals surface area contributed by atoms with Gasteiger partial charge in [0.15, 0.2) is 5.82 Å². The predicted molar refractivity (Wildman–Crippen MR) is 102 cm³/mol. The van der Waals surface area contributed by atoms with E-state index in [9.17, 15) is 4.79 Å². The van der Waals surface area contributed by atoms with Gasteiger partial charge in [-0.2, -0.15) is 0 Å². The van der Waals surface area contributed by atoms with Gasteiger partial charge in [0.25, 0.3) is 0 Å². The van der Waals surface area contributed by atoms with Crippen LogP contribution in [0.3, 0.4) is 0 Å². The lowest BCUT2D eigenvalue weighted by molar-refractivity contribution is 0.157. The van der Waals surface area contributed by atoms with Crippen molar-refractivity contribution in [1.82, 2.24) is 29.9 Å². The van der Waals surface area contributed by atoms with E-state index in [1.807, 2.05) is 23.4 Å². The molecule has 2 aliphatic rings. The molecule has 2 amide bonds. The first-order chi connectivity index (χ1) is 12.6. The van der Waals surface area contributed by atoms with Crippen molar-refractivity contribution in [2.24, 2.45) is 18.9 Å². The number of aromatic nitrogens is 3. The molecule has 0 unspecified atom stereocenters. The minimum Gasteiger partial charge on any atom is -0.328 e. The molecule has 0 bridgehead atoms. The second-order valence-electron chi connectivity index (χ2n) is 8.03. The zero-order valence-corrected chi connectivity index (χ0v) is 16.5. The fourth-order valence-corrected chi connectivity index (χ4v) is 3.86. The van der Waals surface area contributed by atoms with Crippen LogP contribution in [0.2, 0.25) is 0 Å². The fourth-order valence-electron chi connectivity index (χ4n) is 3.86. The van der Waals surface area contributed by atoms with E-state index in [0.29, 0.717) is 0 Å². The van der Waals surface area contributed by atoms with Crippen molar-refractivity contribution >= 4 is 6.03 Å². The number of aryl methyl sites for hydroxylation is 1. The average Bonchev–Trinajstić information content (AvgIpc) is 3.36. The molecule has 26 heavy (non-hydrogen) atoms. The minimum absolute atomic E-state index is 0.0165. The maximum absolute atomic E-state index is 12.5. The summed E-state index contributed by atoms with van der Waals surface area (Å²) in [6.07, 6.45) is 8.02. The van der Waals surface area contributed by atoms with Gasteiger partial charge in [-0.15, -0.1) is 10.2 Å². The largest absolute Gasteiger partial charge is 0.328 e. The lowest BCUT2D eigenvalue weighted by atomic mass is 9.93. The molecule has 7 heteroatoms. The van der Waals surface area contributed by atoms with E-state index >= 15 is 0 Å².